The monoisotopic (exact) mass is 332 g/mol. The van der Waals surface area contributed by atoms with Gasteiger partial charge in [-0.3, -0.25) is 0 Å². The topological polar surface area (TPSA) is 89.0 Å². The normalized spacial score (nSPS) is 13.1. The quantitative estimate of drug-likeness (QED) is 0.809. The van der Waals surface area contributed by atoms with Gasteiger partial charge in [-0.2, -0.15) is 0 Å². The smallest absolute Gasteiger partial charge is 0.123 e. The standard InChI is InChI=1S/C18H24N2O4/c1-21-11-5-7-15(23-3)13(9-11)17(19)18(20)14-10-12(22-2)6-8-16(14)24-4/h5-10,17-18H,19-20H2,1-4H3/t17-,18-/m0/s1. The SMILES string of the molecule is COc1ccc(OC)c([C@H](N)[C@@H](N)c2cc(OC)ccc2OC)c1. The molecule has 0 aromatic heterocycles. The molecule has 24 heavy (non-hydrogen) atoms. The first-order valence-electron chi connectivity index (χ1n) is 7.50. The molecule has 0 spiro atoms. The van der Waals surface area contributed by atoms with Crippen LogP contribution in [0.3, 0.4) is 0 Å². The van der Waals surface area contributed by atoms with Gasteiger partial charge in [0, 0.05) is 11.1 Å². The van der Waals surface area contributed by atoms with E-state index in [2.05, 4.69) is 0 Å². The van der Waals surface area contributed by atoms with Crippen LogP contribution in [0.15, 0.2) is 36.4 Å². The van der Waals surface area contributed by atoms with Crippen LogP contribution in [-0.2, 0) is 0 Å². The zero-order valence-electron chi connectivity index (χ0n) is 14.4. The van der Waals surface area contributed by atoms with E-state index in [-0.39, 0.29) is 0 Å². The fourth-order valence-electron chi connectivity index (χ4n) is 2.59. The van der Waals surface area contributed by atoms with Crippen molar-refractivity contribution in [1.82, 2.24) is 0 Å². The van der Waals surface area contributed by atoms with Gasteiger partial charge in [0.25, 0.3) is 0 Å². The van der Waals surface area contributed by atoms with Crippen LogP contribution in [0.5, 0.6) is 23.0 Å². The van der Waals surface area contributed by atoms with Crippen LogP contribution < -0.4 is 30.4 Å². The van der Waals surface area contributed by atoms with Crippen LogP contribution in [0.25, 0.3) is 0 Å². The summed E-state index contributed by atoms with van der Waals surface area (Å²) in [5, 5.41) is 0. The fraction of sp³-hybridized carbons (Fsp3) is 0.333. The van der Waals surface area contributed by atoms with Gasteiger partial charge in [0.2, 0.25) is 0 Å². The summed E-state index contributed by atoms with van der Waals surface area (Å²) in [5.41, 5.74) is 14.4. The summed E-state index contributed by atoms with van der Waals surface area (Å²) in [6, 6.07) is 9.87. The van der Waals surface area contributed by atoms with Crippen molar-refractivity contribution < 1.29 is 18.9 Å². The Hall–Kier alpha value is -2.44. The van der Waals surface area contributed by atoms with E-state index in [1.807, 2.05) is 36.4 Å². The Morgan fingerprint density at radius 3 is 1.29 bits per heavy atom. The largest absolute Gasteiger partial charge is 0.497 e. The lowest BCUT2D eigenvalue weighted by Crippen LogP contribution is -2.27. The minimum absolute atomic E-state index is 0.518. The third-order valence-corrected chi connectivity index (χ3v) is 3.98. The van der Waals surface area contributed by atoms with Gasteiger partial charge in [0.15, 0.2) is 0 Å². The minimum Gasteiger partial charge on any atom is -0.497 e. The Kier molecular flexibility index (Phi) is 5.89. The molecule has 2 aromatic carbocycles. The molecule has 6 nitrogen and oxygen atoms in total. The van der Waals surface area contributed by atoms with Crippen LogP contribution in [0.1, 0.15) is 23.2 Å². The number of nitrogens with two attached hydrogens (primary N) is 2. The van der Waals surface area contributed by atoms with Crippen molar-refractivity contribution in [3.8, 4) is 23.0 Å². The number of hydrogen-bond donors (Lipinski definition) is 2. The van der Waals surface area contributed by atoms with E-state index >= 15 is 0 Å². The Labute approximate surface area is 142 Å². The van der Waals surface area contributed by atoms with Gasteiger partial charge in [-0.25, -0.2) is 0 Å². The first-order chi connectivity index (χ1) is 11.5. The van der Waals surface area contributed by atoms with Gasteiger partial charge >= 0.3 is 0 Å². The number of rotatable bonds is 7. The highest BCUT2D eigenvalue weighted by Crippen LogP contribution is 2.37. The highest BCUT2D eigenvalue weighted by Gasteiger charge is 2.24. The molecule has 0 saturated heterocycles. The molecule has 2 atom stereocenters. The van der Waals surface area contributed by atoms with E-state index in [9.17, 15) is 0 Å². The maximum absolute atomic E-state index is 6.43. The summed E-state index contributed by atoms with van der Waals surface area (Å²) in [4.78, 5) is 0. The molecule has 0 bridgehead atoms. The molecule has 0 fully saturated rings. The maximum Gasteiger partial charge on any atom is 0.123 e. The Bertz CT molecular complexity index is 631. The molecule has 2 rings (SSSR count). The van der Waals surface area contributed by atoms with Crippen molar-refractivity contribution in [2.45, 2.75) is 12.1 Å². The molecule has 0 aliphatic heterocycles. The second-order valence-electron chi connectivity index (χ2n) is 5.27. The third-order valence-electron chi connectivity index (χ3n) is 3.98. The Morgan fingerprint density at radius 2 is 1.00 bits per heavy atom. The molecule has 0 aliphatic carbocycles. The molecule has 0 amide bonds. The second kappa shape index (κ2) is 7.90. The summed E-state index contributed by atoms with van der Waals surface area (Å²) in [7, 11) is 6.38. The molecular formula is C18H24N2O4. The van der Waals surface area contributed by atoms with Gasteiger partial charge in [-0.15, -0.1) is 0 Å². The van der Waals surface area contributed by atoms with Crippen molar-refractivity contribution in [3.05, 3.63) is 47.5 Å². The van der Waals surface area contributed by atoms with Crippen molar-refractivity contribution in [2.24, 2.45) is 11.5 Å². The molecule has 6 heteroatoms. The summed E-state index contributed by atoms with van der Waals surface area (Å²) in [6.07, 6.45) is 0. The van der Waals surface area contributed by atoms with E-state index in [4.69, 9.17) is 30.4 Å². The lowest BCUT2D eigenvalue weighted by molar-refractivity contribution is 0.382. The van der Waals surface area contributed by atoms with E-state index in [0.717, 1.165) is 11.1 Å². The lowest BCUT2D eigenvalue weighted by atomic mass is 9.93. The van der Waals surface area contributed by atoms with E-state index < -0.39 is 12.1 Å². The van der Waals surface area contributed by atoms with Gasteiger partial charge in [0.05, 0.1) is 40.5 Å². The van der Waals surface area contributed by atoms with Crippen molar-refractivity contribution >= 4 is 0 Å². The molecule has 4 N–H and O–H groups in total. The van der Waals surface area contributed by atoms with Crippen LogP contribution in [0, 0.1) is 0 Å². The molecule has 0 heterocycles. The molecule has 0 unspecified atom stereocenters. The predicted octanol–water partition coefficient (Wildman–Crippen LogP) is 2.42. The average molecular weight is 332 g/mol. The van der Waals surface area contributed by atoms with E-state index in [1.165, 1.54) is 0 Å². The highest BCUT2D eigenvalue weighted by atomic mass is 16.5. The van der Waals surface area contributed by atoms with Gasteiger partial charge in [-0.1, -0.05) is 0 Å². The number of benzene rings is 2. The van der Waals surface area contributed by atoms with Crippen LogP contribution in [0.4, 0.5) is 0 Å². The van der Waals surface area contributed by atoms with Crippen molar-refractivity contribution in [2.75, 3.05) is 28.4 Å². The molecule has 0 radical (unpaired) electrons. The number of hydrogen-bond acceptors (Lipinski definition) is 6. The summed E-state index contributed by atoms with van der Waals surface area (Å²) in [5.74, 6) is 2.68. The van der Waals surface area contributed by atoms with Crippen molar-refractivity contribution in [1.29, 1.82) is 0 Å². The van der Waals surface area contributed by atoms with Crippen LogP contribution in [-0.4, -0.2) is 28.4 Å². The number of ether oxygens (including phenoxy) is 4. The first-order valence-corrected chi connectivity index (χ1v) is 7.50. The molecule has 2 aromatic rings. The second-order valence-corrected chi connectivity index (χ2v) is 5.27. The molecular weight excluding hydrogens is 308 g/mol. The van der Waals surface area contributed by atoms with Gasteiger partial charge in [0.1, 0.15) is 23.0 Å². The van der Waals surface area contributed by atoms with Gasteiger partial charge in [-0.05, 0) is 36.4 Å². The zero-order valence-corrected chi connectivity index (χ0v) is 14.4. The third kappa shape index (κ3) is 3.55. The summed E-state index contributed by atoms with van der Waals surface area (Å²) in [6.45, 7) is 0. The van der Waals surface area contributed by atoms with Gasteiger partial charge < -0.3 is 30.4 Å². The minimum atomic E-state index is -0.518. The van der Waals surface area contributed by atoms with Crippen LogP contribution >= 0.6 is 0 Å². The lowest BCUT2D eigenvalue weighted by Gasteiger charge is -2.24. The number of methoxy groups -OCH3 is 4. The molecule has 0 aliphatic rings. The van der Waals surface area contributed by atoms with Crippen LogP contribution in [0.2, 0.25) is 0 Å². The Morgan fingerprint density at radius 1 is 0.625 bits per heavy atom. The fourth-order valence-corrected chi connectivity index (χ4v) is 2.59. The van der Waals surface area contributed by atoms with E-state index in [0.29, 0.717) is 23.0 Å². The summed E-state index contributed by atoms with van der Waals surface area (Å²) >= 11 is 0. The van der Waals surface area contributed by atoms with E-state index in [1.54, 1.807) is 28.4 Å². The first kappa shape index (κ1) is 17.9. The molecule has 130 valence electrons. The van der Waals surface area contributed by atoms with Crippen molar-refractivity contribution in [3.63, 3.8) is 0 Å². The highest BCUT2D eigenvalue weighted by molar-refractivity contribution is 5.47. The zero-order chi connectivity index (χ0) is 17.7. The predicted molar refractivity (Wildman–Crippen MR) is 92.9 cm³/mol. The maximum atomic E-state index is 6.43. The average Bonchev–Trinajstić information content (AvgIpc) is 2.65. The molecule has 0 saturated carbocycles. The Balaban J connectivity index is 2.44. The summed E-state index contributed by atoms with van der Waals surface area (Å²) < 4.78 is 21.4.